The summed E-state index contributed by atoms with van der Waals surface area (Å²) >= 11 is 0. The van der Waals surface area contributed by atoms with Crippen molar-refractivity contribution in [1.82, 2.24) is 9.80 Å². The van der Waals surface area contributed by atoms with Crippen molar-refractivity contribution in [3.05, 3.63) is 0 Å². The second kappa shape index (κ2) is 9.01. The molecule has 1 heterocycles. The van der Waals surface area contributed by atoms with E-state index in [1.165, 1.54) is 84.2 Å². The van der Waals surface area contributed by atoms with Gasteiger partial charge in [0.1, 0.15) is 0 Å². The van der Waals surface area contributed by atoms with Crippen molar-refractivity contribution in [2.75, 3.05) is 45.8 Å². The minimum Gasteiger partial charge on any atom is -0.330 e. The lowest BCUT2D eigenvalue weighted by molar-refractivity contribution is 0.125. The second-order valence-corrected chi connectivity index (χ2v) is 6.96. The average molecular weight is 281 g/mol. The molecule has 2 fully saturated rings. The lowest BCUT2D eigenvalue weighted by atomic mass is 9.94. The van der Waals surface area contributed by atoms with Gasteiger partial charge in [0.05, 0.1) is 0 Å². The number of nitrogens with zero attached hydrogens (tertiary/aromatic N) is 2. The summed E-state index contributed by atoms with van der Waals surface area (Å²) in [6.07, 6.45) is 9.63. The summed E-state index contributed by atoms with van der Waals surface area (Å²) < 4.78 is 0. The Bertz CT molecular complexity index is 239. The Hall–Kier alpha value is -0.120. The fourth-order valence-corrected chi connectivity index (χ4v) is 3.54. The van der Waals surface area contributed by atoms with Crippen LogP contribution in [-0.2, 0) is 0 Å². The van der Waals surface area contributed by atoms with E-state index in [0.717, 1.165) is 18.4 Å². The van der Waals surface area contributed by atoms with Gasteiger partial charge in [-0.1, -0.05) is 19.8 Å². The smallest absolute Gasteiger partial charge is 0.0110 e. The first kappa shape index (κ1) is 16.3. The van der Waals surface area contributed by atoms with Crippen LogP contribution in [0.15, 0.2) is 0 Å². The SMILES string of the molecule is CCCC(CCN)CCCN1CCN(CC2CC2)CC1. The first-order valence-electron chi connectivity index (χ1n) is 8.96. The standard InChI is InChI=1S/C17H35N3/c1-2-4-16(8-9-18)5-3-10-19-11-13-20(14-12-19)15-17-6-7-17/h16-17H,2-15,18H2,1H3. The van der Waals surface area contributed by atoms with Crippen LogP contribution in [0.4, 0.5) is 0 Å². The van der Waals surface area contributed by atoms with Crippen LogP contribution < -0.4 is 5.73 Å². The maximum atomic E-state index is 5.72. The first-order chi connectivity index (χ1) is 9.81. The summed E-state index contributed by atoms with van der Waals surface area (Å²) in [7, 11) is 0. The van der Waals surface area contributed by atoms with Gasteiger partial charge in [0.2, 0.25) is 0 Å². The van der Waals surface area contributed by atoms with Gasteiger partial charge in [0, 0.05) is 32.7 Å². The molecule has 2 aliphatic rings. The van der Waals surface area contributed by atoms with E-state index in [4.69, 9.17) is 5.73 Å². The van der Waals surface area contributed by atoms with Gasteiger partial charge < -0.3 is 15.5 Å². The van der Waals surface area contributed by atoms with Gasteiger partial charge in [0.25, 0.3) is 0 Å². The molecule has 3 nitrogen and oxygen atoms in total. The van der Waals surface area contributed by atoms with Gasteiger partial charge in [-0.25, -0.2) is 0 Å². The van der Waals surface area contributed by atoms with Gasteiger partial charge in [-0.3, -0.25) is 0 Å². The fraction of sp³-hybridized carbons (Fsp3) is 1.00. The van der Waals surface area contributed by atoms with E-state index >= 15 is 0 Å². The van der Waals surface area contributed by atoms with Gasteiger partial charge in [-0.15, -0.1) is 0 Å². The van der Waals surface area contributed by atoms with Crippen LogP contribution in [-0.4, -0.2) is 55.6 Å². The van der Waals surface area contributed by atoms with Crippen LogP contribution in [0.3, 0.4) is 0 Å². The van der Waals surface area contributed by atoms with E-state index in [0.29, 0.717) is 0 Å². The van der Waals surface area contributed by atoms with Crippen molar-refractivity contribution < 1.29 is 0 Å². The zero-order valence-electron chi connectivity index (χ0n) is 13.5. The topological polar surface area (TPSA) is 32.5 Å². The fourth-order valence-electron chi connectivity index (χ4n) is 3.54. The Morgan fingerprint density at radius 3 is 2.30 bits per heavy atom. The molecule has 20 heavy (non-hydrogen) atoms. The third-order valence-electron chi connectivity index (χ3n) is 5.04. The van der Waals surface area contributed by atoms with Crippen LogP contribution in [0, 0.1) is 11.8 Å². The largest absolute Gasteiger partial charge is 0.330 e. The molecule has 1 saturated carbocycles. The minimum atomic E-state index is 0.866. The molecule has 1 aliphatic carbocycles. The third-order valence-corrected chi connectivity index (χ3v) is 5.04. The van der Waals surface area contributed by atoms with Crippen LogP contribution in [0.2, 0.25) is 0 Å². The summed E-state index contributed by atoms with van der Waals surface area (Å²) in [4.78, 5) is 5.36. The lowest BCUT2D eigenvalue weighted by Gasteiger charge is -2.35. The molecule has 2 N–H and O–H groups in total. The maximum Gasteiger partial charge on any atom is 0.0110 e. The molecule has 0 aromatic carbocycles. The van der Waals surface area contributed by atoms with Crippen molar-refractivity contribution >= 4 is 0 Å². The van der Waals surface area contributed by atoms with Crippen molar-refractivity contribution in [3.8, 4) is 0 Å². The number of rotatable bonds is 10. The molecule has 118 valence electrons. The highest BCUT2D eigenvalue weighted by Gasteiger charge is 2.26. The molecule has 3 heteroatoms. The van der Waals surface area contributed by atoms with Crippen LogP contribution in [0.1, 0.15) is 51.9 Å². The second-order valence-electron chi connectivity index (χ2n) is 6.96. The third kappa shape index (κ3) is 6.11. The van der Waals surface area contributed by atoms with E-state index in [-0.39, 0.29) is 0 Å². The van der Waals surface area contributed by atoms with Gasteiger partial charge in [-0.2, -0.15) is 0 Å². The number of hydrogen-bond donors (Lipinski definition) is 1. The zero-order chi connectivity index (χ0) is 14.2. The van der Waals surface area contributed by atoms with Crippen molar-refractivity contribution in [2.24, 2.45) is 17.6 Å². The van der Waals surface area contributed by atoms with E-state index in [1.54, 1.807) is 0 Å². The molecule has 1 atom stereocenters. The number of nitrogens with two attached hydrogens (primary N) is 1. The highest BCUT2D eigenvalue weighted by Crippen LogP contribution is 2.29. The highest BCUT2D eigenvalue weighted by atomic mass is 15.3. The maximum absolute atomic E-state index is 5.72. The molecule has 0 radical (unpaired) electrons. The molecule has 1 aliphatic heterocycles. The zero-order valence-corrected chi connectivity index (χ0v) is 13.5. The number of piperazine rings is 1. The molecule has 0 aromatic rings. The summed E-state index contributed by atoms with van der Waals surface area (Å²) in [5.74, 6) is 1.92. The quantitative estimate of drug-likeness (QED) is 0.668. The normalized spacial score (nSPS) is 23.1. The van der Waals surface area contributed by atoms with E-state index < -0.39 is 0 Å². The predicted octanol–water partition coefficient (Wildman–Crippen LogP) is 2.56. The van der Waals surface area contributed by atoms with Crippen molar-refractivity contribution in [1.29, 1.82) is 0 Å². The summed E-state index contributed by atoms with van der Waals surface area (Å²) in [5, 5.41) is 0. The number of hydrogen-bond acceptors (Lipinski definition) is 3. The van der Waals surface area contributed by atoms with Crippen LogP contribution in [0.25, 0.3) is 0 Å². The first-order valence-corrected chi connectivity index (χ1v) is 8.96. The predicted molar refractivity (Wildman–Crippen MR) is 86.9 cm³/mol. The summed E-state index contributed by atoms with van der Waals surface area (Å²) in [6.45, 7) is 11.0. The average Bonchev–Trinajstić information content (AvgIpc) is 3.25. The molecular weight excluding hydrogens is 246 g/mol. The van der Waals surface area contributed by atoms with E-state index in [2.05, 4.69) is 16.7 Å². The minimum absolute atomic E-state index is 0.866. The summed E-state index contributed by atoms with van der Waals surface area (Å²) in [6, 6.07) is 0. The highest BCUT2D eigenvalue weighted by molar-refractivity contribution is 4.80. The van der Waals surface area contributed by atoms with Crippen molar-refractivity contribution in [3.63, 3.8) is 0 Å². The van der Waals surface area contributed by atoms with Crippen LogP contribution in [0.5, 0.6) is 0 Å². The van der Waals surface area contributed by atoms with Crippen molar-refractivity contribution in [2.45, 2.75) is 51.9 Å². The van der Waals surface area contributed by atoms with E-state index in [1.807, 2.05) is 0 Å². The molecule has 1 saturated heterocycles. The van der Waals surface area contributed by atoms with Gasteiger partial charge in [-0.05, 0) is 57.0 Å². The Morgan fingerprint density at radius 1 is 1.00 bits per heavy atom. The molecular formula is C17H35N3. The molecule has 0 aromatic heterocycles. The molecule has 2 rings (SSSR count). The lowest BCUT2D eigenvalue weighted by Crippen LogP contribution is -2.47. The molecule has 0 bridgehead atoms. The molecule has 0 spiro atoms. The Kier molecular flexibility index (Phi) is 7.32. The monoisotopic (exact) mass is 281 g/mol. The molecule has 0 amide bonds. The van der Waals surface area contributed by atoms with E-state index in [9.17, 15) is 0 Å². The Balaban J connectivity index is 1.53. The van der Waals surface area contributed by atoms with Crippen LogP contribution >= 0.6 is 0 Å². The Labute approximate surface area is 125 Å². The van der Waals surface area contributed by atoms with Gasteiger partial charge in [0.15, 0.2) is 0 Å². The van der Waals surface area contributed by atoms with Gasteiger partial charge >= 0.3 is 0 Å². The molecule has 1 unspecified atom stereocenters. The Morgan fingerprint density at radius 2 is 1.70 bits per heavy atom. The summed E-state index contributed by atoms with van der Waals surface area (Å²) in [5.41, 5.74) is 5.72.